The molecule has 0 spiro atoms. The van der Waals surface area contributed by atoms with Crippen LogP contribution in [-0.2, 0) is 18.9 Å². The molecular formula is C33H54O7. The maximum Gasteiger partial charge on any atom is 0.508 e. The molecular weight excluding hydrogens is 508 g/mol. The highest BCUT2D eigenvalue weighted by Gasteiger charge is 2.62. The van der Waals surface area contributed by atoms with Crippen LogP contribution in [0.3, 0.4) is 0 Å². The summed E-state index contributed by atoms with van der Waals surface area (Å²) in [6, 6.07) is 0. The van der Waals surface area contributed by atoms with Gasteiger partial charge in [-0.2, -0.15) is 0 Å². The highest BCUT2D eigenvalue weighted by molar-refractivity contribution is 5.61. The van der Waals surface area contributed by atoms with E-state index in [1.54, 1.807) is 13.8 Å². The summed E-state index contributed by atoms with van der Waals surface area (Å²) in [6.45, 7) is 15.2. The van der Waals surface area contributed by atoms with Crippen LogP contribution in [0.1, 0.15) is 113 Å². The lowest BCUT2D eigenvalue weighted by Crippen LogP contribution is -2.57. The van der Waals surface area contributed by atoms with Gasteiger partial charge in [-0.3, -0.25) is 0 Å². The fraction of sp³-hybridized carbons (Fsp3) is 0.879. The topological polar surface area (TPSA) is 91.3 Å². The maximum atomic E-state index is 12.6. The van der Waals surface area contributed by atoms with Crippen LogP contribution in [0.5, 0.6) is 0 Å². The van der Waals surface area contributed by atoms with Gasteiger partial charge in [-0.1, -0.05) is 45.3 Å². The minimum Gasteiger partial charge on any atom is -0.435 e. The summed E-state index contributed by atoms with van der Waals surface area (Å²) in [5, 5.41) is 10.2. The lowest BCUT2D eigenvalue weighted by Gasteiger charge is -2.60. The van der Waals surface area contributed by atoms with Gasteiger partial charge in [-0.25, -0.2) is 9.59 Å². The maximum absolute atomic E-state index is 12.6. The molecule has 4 rings (SSSR count). The van der Waals surface area contributed by atoms with Crippen molar-refractivity contribution in [1.29, 1.82) is 0 Å². The van der Waals surface area contributed by atoms with Crippen LogP contribution in [0.4, 0.5) is 9.59 Å². The van der Waals surface area contributed by atoms with E-state index in [9.17, 15) is 14.7 Å². The number of hydrogen-bond acceptors (Lipinski definition) is 7. The average molecular weight is 563 g/mol. The van der Waals surface area contributed by atoms with Crippen LogP contribution < -0.4 is 0 Å². The Labute approximate surface area is 241 Å². The molecule has 4 aliphatic carbocycles. The number of ether oxygens (including phenoxy) is 4. The van der Waals surface area contributed by atoms with E-state index in [1.165, 1.54) is 31.3 Å². The molecule has 1 N–H and O–H groups in total. The Bertz CT molecular complexity index is 938. The van der Waals surface area contributed by atoms with Crippen molar-refractivity contribution < 1.29 is 33.6 Å². The van der Waals surface area contributed by atoms with Gasteiger partial charge >= 0.3 is 12.3 Å². The predicted molar refractivity (Wildman–Crippen MR) is 154 cm³/mol. The highest BCUT2D eigenvalue weighted by atomic mass is 16.7. The number of aliphatic hydroxyl groups is 1. The normalized spacial score (nSPS) is 37.8. The van der Waals surface area contributed by atoms with E-state index < -0.39 is 24.0 Å². The molecule has 0 aromatic heterocycles. The van der Waals surface area contributed by atoms with E-state index >= 15 is 0 Å². The van der Waals surface area contributed by atoms with E-state index in [2.05, 4.69) is 26.8 Å². The van der Waals surface area contributed by atoms with E-state index in [0.717, 1.165) is 25.7 Å². The number of carbonyl (C=O) groups is 2. The average Bonchev–Trinajstić information content (AvgIpc) is 3.21. The first kappa shape index (κ1) is 31.2. The van der Waals surface area contributed by atoms with Gasteiger partial charge < -0.3 is 24.1 Å². The van der Waals surface area contributed by atoms with Crippen molar-refractivity contribution in [2.45, 2.75) is 130 Å². The van der Waals surface area contributed by atoms with Gasteiger partial charge in [-0.05, 0) is 101 Å². The number of carbonyl (C=O) groups excluding carboxylic acids is 2. The van der Waals surface area contributed by atoms with Crippen LogP contribution in [0.2, 0.25) is 0 Å². The molecule has 0 unspecified atom stereocenters. The van der Waals surface area contributed by atoms with E-state index in [1.807, 2.05) is 13.8 Å². The van der Waals surface area contributed by atoms with Gasteiger partial charge in [0.2, 0.25) is 0 Å². The lowest BCUT2D eigenvalue weighted by molar-refractivity contribution is -0.122. The Morgan fingerprint density at radius 2 is 1.73 bits per heavy atom. The predicted octanol–water partition coefficient (Wildman–Crippen LogP) is 7.84. The first-order chi connectivity index (χ1) is 18.8. The summed E-state index contributed by atoms with van der Waals surface area (Å²) < 4.78 is 22.0. The molecule has 0 aromatic carbocycles. The standard InChI is InChI=1S/C33H54O7/c1-8-37-29(34)39-23-19-22-12-13-24-26-15-14-25(21(3)11-10-17-31(4,5)36)32(26,6)18-16-27(24)33(22,7)28(20-23)40-30(35)38-9-2/h12,21,23-28,36H,8-11,13-20H2,1-7H3/t21-,23-,24+,25-,26+,27+,28+,32-,33+/m1/s1. The van der Waals surface area contributed by atoms with Crippen LogP contribution in [0, 0.1) is 40.4 Å². The summed E-state index contributed by atoms with van der Waals surface area (Å²) >= 11 is 0. The molecule has 0 aliphatic heterocycles. The quantitative estimate of drug-likeness (QED) is 0.226. The summed E-state index contributed by atoms with van der Waals surface area (Å²) in [5.74, 6) is 2.97. The molecule has 0 heterocycles. The SMILES string of the molecule is CCOC(=O)O[C@@H]1CC2=CC[C@H]3[C@@H]4CC[C@H]([C@H](C)CCCC(C)(C)O)[C@@]4(C)CC[C@@H]3[C@@]2(C)[C@@H](OC(=O)OCC)C1. The van der Waals surface area contributed by atoms with Crippen LogP contribution in [0.15, 0.2) is 11.6 Å². The lowest BCUT2D eigenvalue weighted by atomic mass is 9.46. The second kappa shape index (κ2) is 12.2. The molecule has 0 bridgehead atoms. The Hall–Kier alpha value is -1.76. The zero-order valence-electron chi connectivity index (χ0n) is 26.0. The van der Waals surface area contributed by atoms with Crippen LogP contribution in [-0.4, -0.2) is 48.4 Å². The molecule has 7 heteroatoms. The van der Waals surface area contributed by atoms with E-state index in [-0.39, 0.29) is 24.7 Å². The molecule has 228 valence electrons. The molecule has 7 nitrogen and oxygen atoms in total. The fourth-order valence-electron chi connectivity index (χ4n) is 9.51. The van der Waals surface area contributed by atoms with Crippen LogP contribution in [0.25, 0.3) is 0 Å². The largest absolute Gasteiger partial charge is 0.508 e. The molecule has 0 radical (unpaired) electrons. The molecule has 0 saturated heterocycles. The summed E-state index contributed by atoms with van der Waals surface area (Å²) in [4.78, 5) is 24.8. The van der Waals surface area contributed by atoms with E-state index in [4.69, 9.17) is 18.9 Å². The first-order valence-corrected chi connectivity index (χ1v) is 15.9. The fourth-order valence-corrected chi connectivity index (χ4v) is 9.51. The Morgan fingerprint density at radius 3 is 2.38 bits per heavy atom. The Balaban J connectivity index is 1.54. The summed E-state index contributed by atoms with van der Waals surface area (Å²) in [6.07, 6.45) is 10.4. The molecule has 4 aliphatic rings. The third kappa shape index (κ3) is 6.19. The molecule has 0 amide bonds. The molecule has 3 fully saturated rings. The third-order valence-corrected chi connectivity index (χ3v) is 11.4. The number of fused-ring (bicyclic) bond motifs is 5. The summed E-state index contributed by atoms with van der Waals surface area (Å²) in [5.41, 5.74) is 0.673. The number of hydrogen-bond donors (Lipinski definition) is 1. The number of allylic oxidation sites excluding steroid dienone is 1. The van der Waals surface area contributed by atoms with E-state index in [0.29, 0.717) is 47.8 Å². The second-order valence-corrected chi connectivity index (χ2v) is 14.2. The summed E-state index contributed by atoms with van der Waals surface area (Å²) in [7, 11) is 0. The Morgan fingerprint density at radius 1 is 1.05 bits per heavy atom. The molecule has 3 saturated carbocycles. The van der Waals surface area contributed by atoms with Crippen molar-refractivity contribution in [3.63, 3.8) is 0 Å². The van der Waals surface area contributed by atoms with Gasteiger partial charge in [0.05, 0.1) is 18.8 Å². The van der Waals surface area contributed by atoms with Gasteiger partial charge in [0, 0.05) is 18.3 Å². The van der Waals surface area contributed by atoms with Crippen molar-refractivity contribution in [2.24, 2.45) is 40.4 Å². The Kier molecular flexibility index (Phi) is 9.53. The minimum atomic E-state index is -0.664. The van der Waals surface area contributed by atoms with Gasteiger partial charge in [0.25, 0.3) is 0 Å². The molecule has 0 aromatic rings. The van der Waals surface area contributed by atoms with Gasteiger partial charge in [-0.15, -0.1) is 0 Å². The van der Waals surface area contributed by atoms with Crippen molar-refractivity contribution in [3.05, 3.63) is 11.6 Å². The zero-order chi connectivity index (χ0) is 29.3. The monoisotopic (exact) mass is 562 g/mol. The van der Waals surface area contributed by atoms with Crippen molar-refractivity contribution >= 4 is 12.3 Å². The second-order valence-electron chi connectivity index (χ2n) is 14.2. The third-order valence-electron chi connectivity index (χ3n) is 11.4. The van der Waals surface area contributed by atoms with Crippen molar-refractivity contribution in [2.75, 3.05) is 13.2 Å². The zero-order valence-corrected chi connectivity index (χ0v) is 26.0. The van der Waals surface area contributed by atoms with Crippen LogP contribution >= 0.6 is 0 Å². The first-order valence-electron chi connectivity index (χ1n) is 15.9. The van der Waals surface area contributed by atoms with Gasteiger partial charge in [0.1, 0.15) is 12.2 Å². The minimum absolute atomic E-state index is 0.259. The highest BCUT2D eigenvalue weighted by Crippen LogP contribution is 2.67. The number of rotatable bonds is 9. The van der Waals surface area contributed by atoms with Crippen molar-refractivity contribution in [3.8, 4) is 0 Å². The molecule has 40 heavy (non-hydrogen) atoms. The van der Waals surface area contributed by atoms with Crippen molar-refractivity contribution in [1.82, 2.24) is 0 Å². The molecule has 9 atom stereocenters. The van der Waals surface area contributed by atoms with Gasteiger partial charge in [0.15, 0.2) is 0 Å². The smallest absolute Gasteiger partial charge is 0.435 e.